The van der Waals surface area contributed by atoms with Gasteiger partial charge in [0.05, 0.1) is 11.9 Å². The minimum absolute atomic E-state index is 0.380. The molecule has 8 heteroatoms. The average Bonchev–Trinajstić information content (AvgIpc) is 2.67. The van der Waals surface area contributed by atoms with Crippen molar-refractivity contribution in [2.45, 2.75) is 13.8 Å². The summed E-state index contributed by atoms with van der Waals surface area (Å²) in [7, 11) is 0. The normalized spacial score (nSPS) is 13.7. The molecule has 2 aromatic rings. The molecule has 4 N–H and O–H groups in total. The van der Waals surface area contributed by atoms with E-state index in [0.29, 0.717) is 29.8 Å². The van der Waals surface area contributed by atoms with E-state index in [0.717, 1.165) is 26.2 Å². The fourth-order valence-corrected chi connectivity index (χ4v) is 2.62. The number of urea groups is 1. The second-order valence-corrected chi connectivity index (χ2v) is 5.88. The number of hydrogen-bond acceptors (Lipinski definition) is 6. The molecule has 0 spiro atoms. The number of carbonyl (C=O) groups excluding carboxylic acids is 1. The number of carbonyl (C=O) groups is 1. The molecule has 0 radical (unpaired) electrons. The molecule has 27 heavy (non-hydrogen) atoms. The van der Waals surface area contributed by atoms with Crippen LogP contribution in [0.2, 0.25) is 0 Å². The monoisotopic (exact) mass is 372 g/mol. The smallest absolute Gasteiger partial charge is 0.324 e. The van der Waals surface area contributed by atoms with Gasteiger partial charge in [0.2, 0.25) is 0 Å². The molecule has 1 aliphatic heterocycles. The zero-order chi connectivity index (χ0) is 19.5. The highest BCUT2D eigenvalue weighted by molar-refractivity contribution is 5.99. The molecular formula is C19H28N6O2. The van der Waals surface area contributed by atoms with Gasteiger partial charge < -0.3 is 15.8 Å². The van der Waals surface area contributed by atoms with Crippen molar-refractivity contribution in [3.63, 3.8) is 0 Å². The topological polar surface area (TPSA) is 105 Å². The average molecular weight is 372 g/mol. The molecule has 0 saturated carbocycles. The van der Waals surface area contributed by atoms with Crippen LogP contribution >= 0.6 is 0 Å². The maximum atomic E-state index is 12.1. The van der Waals surface area contributed by atoms with Crippen LogP contribution in [0.15, 0.2) is 42.9 Å². The Bertz CT molecular complexity index is 692. The van der Waals surface area contributed by atoms with E-state index in [4.69, 9.17) is 10.5 Å². The summed E-state index contributed by atoms with van der Waals surface area (Å²) in [5, 5.41) is 5.39. The maximum Gasteiger partial charge on any atom is 0.324 e. The molecule has 0 aliphatic carbocycles. The SMILES string of the molecule is CC.NCC1CN(CCOc2ccccc2NC(=O)Nc2cnccn2)C1. The summed E-state index contributed by atoms with van der Waals surface area (Å²) < 4.78 is 5.82. The number of para-hydroxylation sites is 2. The van der Waals surface area contributed by atoms with Crippen LogP contribution in [0.25, 0.3) is 0 Å². The summed E-state index contributed by atoms with van der Waals surface area (Å²) in [6.45, 7) is 8.20. The van der Waals surface area contributed by atoms with Crippen molar-refractivity contribution < 1.29 is 9.53 Å². The predicted molar refractivity (Wildman–Crippen MR) is 107 cm³/mol. The first-order valence-electron chi connectivity index (χ1n) is 9.23. The van der Waals surface area contributed by atoms with Crippen LogP contribution in [0.5, 0.6) is 5.75 Å². The van der Waals surface area contributed by atoms with Gasteiger partial charge in [-0.3, -0.25) is 15.2 Å². The highest BCUT2D eigenvalue weighted by Crippen LogP contribution is 2.24. The van der Waals surface area contributed by atoms with E-state index in [9.17, 15) is 4.79 Å². The van der Waals surface area contributed by atoms with Crippen molar-refractivity contribution in [1.82, 2.24) is 14.9 Å². The van der Waals surface area contributed by atoms with E-state index in [1.165, 1.54) is 12.4 Å². The van der Waals surface area contributed by atoms with Gasteiger partial charge in [-0.2, -0.15) is 0 Å². The zero-order valence-corrected chi connectivity index (χ0v) is 15.9. The van der Waals surface area contributed by atoms with Crippen molar-refractivity contribution in [3.05, 3.63) is 42.9 Å². The van der Waals surface area contributed by atoms with Crippen LogP contribution in [0.3, 0.4) is 0 Å². The van der Waals surface area contributed by atoms with Gasteiger partial charge in [0.15, 0.2) is 5.82 Å². The Balaban J connectivity index is 0.00000126. The second kappa shape index (κ2) is 11.1. The van der Waals surface area contributed by atoms with Gasteiger partial charge in [-0.1, -0.05) is 26.0 Å². The molecular weight excluding hydrogens is 344 g/mol. The summed E-state index contributed by atoms with van der Waals surface area (Å²) in [5.41, 5.74) is 6.23. The number of nitrogens with one attached hydrogen (secondary N) is 2. The Labute approximate surface area is 160 Å². The largest absolute Gasteiger partial charge is 0.490 e. The molecule has 1 aromatic carbocycles. The molecule has 2 amide bonds. The zero-order valence-electron chi connectivity index (χ0n) is 15.9. The van der Waals surface area contributed by atoms with E-state index in [1.54, 1.807) is 12.3 Å². The fourth-order valence-electron chi connectivity index (χ4n) is 2.62. The van der Waals surface area contributed by atoms with E-state index < -0.39 is 6.03 Å². The number of likely N-dealkylation sites (tertiary alicyclic amines) is 1. The third-order valence-corrected chi connectivity index (χ3v) is 3.97. The highest BCUT2D eigenvalue weighted by atomic mass is 16.5. The maximum absolute atomic E-state index is 12.1. The molecule has 8 nitrogen and oxygen atoms in total. The molecule has 2 heterocycles. The second-order valence-electron chi connectivity index (χ2n) is 5.88. The van der Waals surface area contributed by atoms with Crippen molar-refractivity contribution in [3.8, 4) is 5.75 Å². The van der Waals surface area contributed by atoms with Gasteiger partial charge in [0, 0.05) is 32.0 Å². The molecule has 1 aromatic heterocycles. The number of amides is 2. The number of hydrogen-bond donors (Lipinski definition) is 3. The summed E-state index contributed by atoms with van der Waals surface area (Å²) in [6, 6.07) is 6.93. The number of ether oxygens (including phenoxy) is 1. The first-order chi connectivity index (χ1) is 13.2. The molecule has 1 saturated heterocycles. The van der Waals surface area contributed by atoms with Crippen molar-refractivity contribution in [1.29, 1.82) is 0 Å². The standard InChI is InChI=1S/C17H22N6O2.C2H6/c18-9-13-11-23(12-13)7-8-25-15-4-2-1-3-14(15)21-17(24)22-16-10-19-5-6-20-16;1-2/h1-6,10,13H,7-9,11-12,18H2,(H2,20,21,22,24);1-2H3. The van der Waals surface area contributed by atoms with Crippen LogP contribution in [-0.2, 0) is 0 Å². The lowest BCUT2D eigenvalue weighted by Crippen LogP contribution is -2.50. The number of benzene rings is 1. The Morgan fingerprint density at radius 2 is 2.04 bits per heavy atom. The summed E-state index contributed by atoms with van der Waals surface area (Å²) in [5.74, 6) is 1.62. The lowest BCUT2D eigenvalue weighted by Gasteiger charge is -2.38. The quantitative estimate of drug-likeness (QED) is 0.689. The molecule has 146 valence electrons. The number of aromatic nitrogens is 2. The summed E-state index contributed by atoms with van der Waals surface area (Å²) in [4.78, 5) is 22.3. The Kier molecular flexibility index (Phi) is 8.47. The van der Waals surface area contributed by atoms with Crippen LogP contribution < -0.4 is 21.1 Å². The van der Waals surface area contributed by atoms with Gasteiger partial charge in [0.1, 0.15) is 12.4 Å². The Hall–Kier alpha value is -2.71. The number of anilines is 2. The van der Waals surface area contributed by atoms with E-state index in [-0.39, 0.29) is 0 Å². The first-order valence-corrected chi connectivity index (χ1v) is 9.23. The molecule has 3 rings (SSSR count). The minimum Gasteiger partial charge on any atom is -0.490 e. The summed E-state index contributed by atoms with van der Waals surface area (Å²) in [6.07, 6.45) is 4.53. The van der Waals surface area contributed by atoms with Gasteiger partial charge in [0.25, 0.3) is 0 Å². The van der Waals surface area contributed by atoms with Crippen molar-refractivity contribution in [2.24, 2.45) is 11.7 Å². The van der Waals surface area contributed by atoms with Gasteiger partial charge >= 0.3 is 6.03 Å². The van der Waals surface area contributed by atoms with Crippen molar-refractivity contribution in [2.75, 3.05) is 43.4 Å². The van der Waals surface area contributed by atoms with Gasteiger partial charge in [-0.25, -0.2) is 9.78 Å². The lowest BCUT2D eigenvalue weighted by molar-refractivity contribution is 0.0876. The highest BCUT2D eigenvalue weighted by Gasteiger charge is 2.24. The van der Waals surface area contributed by atoms with Crippen LogP contribution in [-0.4, -0.2) is 53.7 Å². The predicted octanol–water partition coefficient (Wildman–Crippen LogP) is 2.42. The third-order valence-electron chi connectivity index (χ3n) is 3.97. The van der Waals surface area contributed by atoms with Crippen LogP contribution in [0.4, 0.5) is 16.3 Å². The fraction of sp³-hybridized carbons (Fsp3) is 0.421. The summed E-state index contributed by atoms with van der Waals surface area (Å²) >= 11 is 0. The molecule has 1 aliphatic rings. The number of rotatable bonds is 7. The van der Waals surface area contributed by atoms with E-state index in [1.807, 2.05) is 32.0 Å². The third kappa shape index (κ3) is 6.50. The molecule has 1 fully saturated rings. The van der Waals surface area contributed by atoms with Crippen LogP contribution in [0.1, 0.15) is 13.8 Å². The minimum atomic E-state index is -0.398. The molecule has 0 bridgehead atoms. The number of nitrogens with zero attached hydrogens (tertiary/aromatic N) is 3. The van der Waals surface area contributed by atoms with Crippen LogP contribution in [0, 0.1) is 5.92 Å². The van der Waals surface area contributed by atoms with Crippen molar-refractivity contribution >= 4 is 17.5 Å². The first kappa shape index (κ1) is 20.6. The number of nitrogens with two attached hydrogens (primary N) is 1. The van der Waals surface area contributed by atoms with E-state index >= 15 is 0 Å². The lowest BCUT2D eigenvalue weighted by atomic mass is 10.0. The van der Waals surface area contributed by atoms with Gasteiger partial charge in [-0.05, 0) is 24.6 Å². The van der Waals surface area contributed by atoms with E-state index in [2.05, 4.69) is 25.5 Å². The molecule has 0 unspecified atom stereocenters. The molecule has 0 atom stereocenters. The Morgan fingerprint density at radius 1 is 1.26 bits per heavy atom. The Morgan fingerprint density at radius 3 is 2.74 bits per heavy atom. The van der Waals surface area contributed by atoms with Gasteiger partial charge in [-0.15, -0.1) is 0 Å².